The number of carbonyl (C=O) groups is 1. The average molecular weight is 289 g/mol. The SMILES string of the molecule is CC(C)(C)C(=O)NC1CCCc2cc3c(cc21)OCCO3. The second kappa shape index (κ2) is 5.24. The Kier molecular flexibility index (Phi) is 3.56. The maximum Gasteiger partial charge on any atom is 0.225 e. The molecule has 0 radical (unpaired) electrons. The maximum atomic E-state index is 12.3. The van der Waals surface area contributed by atoms with Gasteiger partial charge in [-0.3, -0.25) is 4.79 Å². The molecule has 0 aromatic heterocycles. The van der Waals surface area contributed by atoms with Gasteiger partial charge in [-0.05, 0) is 42.5 Å². The van der Waals surface area contributed by atoms with Crippen LogP contribution >= 0.6 is 0 Å². The number of amides is 1. The van der Waals surface area contributed by atoms with Gasteiger partial charge in [0.2, 0.25) is 5.91 Å². The minimum atomic E-state index is -0.370. The van der Waals surface area contributed by atoms with E-state index in [9.17, 15) is 4.79 Å². The molecule has 114 valence electrons. The second-order valence-electron chi connectivity index (χ2n) is 6.86. The molecule has 2 aliphatic rings. The van der Waals surface area contributed by atoms with Crippen LogP contribution in [0.15, 0.2) is 12.1 Å². The molecule has 1 aromatic carbocycles. The van der Waals surface area contributed by atoms with Crippen LogP contribution in [-0.4, -0.2) is 19.1 Å². The van der Waals surface area contributed by atoms with E-state index < -0.39 is 0 Å². The topological polar surface area (TPSA) is 47.6 Å². The highest BCUT2D eigenvalue weighted by Gasteiger charge is 2.29. The third kappa shape index (κ3) is 2.85. The van der Waals surface area contributed by atoms with Crippen molar-refractivity contribution in [2.45, 2.75) is 46.1 Å². The fourth-order valence-electron chi connectivity index (χ4n) is 2.86. The highest BCUT2D eigenvalue weighted by atomic mass is 16.6. The Hall–Kier alpha value is -1.71. The van der Waals surface area contributed by atoms with E-state index in [2.05, 4.69) is 17.4 Å². The number of fused-ring (bicyclic) bond motifs is 2. The molecule has 0 bridgehead atoms. The van der Waals surface area contributed by atoms with Gasteiger partial charge in [0.25, 0.3) is 0 Å². The first kappa shape index (κ1) is 14.2. The summed E-state index contributed by atoms with van der Waals surface area (Å²) in [6.45, 7) is 7.02. The van der Waals surface area contributed by atoms with E-state index in [0.29, 0.717) is 13.2 Å². The zero-order valence-corrected chi connectivity index (χ0v) is 13.0. The summed E-state index contributed by atoms with van der Waals surface area (Å²) in [5.41, 5.74) is 2.08. The van der Waals surface area contributed by atoms with Crippen molar-refractivity contribution < 1.29 is 14.3 Å². The van der Waals surface area contributed by atoms with Crippen LogP contribution < -0.4 is 14.8 Å². The largest absolute Gasteiger partial charge is 0.486 e. The quantitative estimate of drug-likeness (QED) is 0.864. The monoisotopic (exact) mass is 289 g/mol. The molecule has 0 fully saturated rings. The Morgan fingerprint density at radius 2 is 1.86 bits per heavy atom. The predicted molar refractivity (Wildman–Crippen MR) is 80.7 cm³/mol. The van der Waals surface area contributed by atoms with E-state index >= 15 is 0 Å². The predicted octanol–water partition coefficient (Wildman–Crippen LogP) is 3.00. The van der Waals surface area contributed by atoms with Crippen LogP contribution in [0.1, 0.15) is 50.8 Å². The van der Waals surface area contributed by atoms with Gasteiger partial charge in [-0.25, -0.2) is 0 Å². The van der Waals surface area contributed by atoms with Gasteiger partial charge in [0.1, 0.15) is 13.2 Å². The first-order valence-electron chi connectivity index (χ1n) is 7.68. The number of hydrogen-bond donors (Lipinski definition) is 1. The minimum Gasteiger partial charge on any atom is -0.486 e. The molecule has 1 N–H and O–H groups in total. The molecular weight excluding hydrogens is 266 g/mol. The fourth-order valence-corrected chi connectivity index (χ4v) is 2.86. The van der Waals surface area contributed by atoms with Gasteiger partial charge < -0.3 is 14.8 Å². The van der Waals surface area contributed by atoms with Crippen molar-refractivity contribution in [2.24, 2.45) is 5.41 Å². The van der Waals surface area contributed by atoms with Gasteiger partial charge in [0.15, 0.2) is 11.5 Å². The number of benzene rings is 1. The van der Waals surface area contributed by atoms with Crippen LogP contribution in [0.5, 0.6) is 11.5 Å². The number of aryl methyl sites for hydroxylation is 1. The zero-order valence-electron chi connectivity index (χ0n) is 13.0. The highest BCUT2D eigenvalue weighted by Crippen LogP contribution is 2.39. The van der Waals surface area contributed by atoms with E-state index in [-0.39, 0.29) is 17.4 Å². The number of nitrogens with one attached hydrogen (secondary N) is 1. The van der Waals surface area contributed by atoms with E-state index in [1.807, 2.05) is 20.8 Å². The fraction of sp³-hybridized carbons (Fsp3) is 0.588. The molecule has 0 spiro atoms. The van der Waals surface area contributed by atoms with Crippen molar-refractivity contribution in [1.82, 2.24) is 5.32 Å². The Morgan fingerprint density at radius 3 is 2.52 bits per heavy atom. The van der Waals surface area contributed by atoms with E-state index in [1.165, 1.54) is 11.1 Å². The van der Waals surface area contributed by atoms with Crippen LogP contribution in [0.3, 0.4) is 0 Å². The zero-order chi connectivity index (χ0) is 15.0. The molecule has 1 aromatic rings. The standard InChI is InChI=1S/C17H23NO3/c1-17(2,3)16(19)18-13-6-4-5-11-9-14-15(10-12(11)13)21-8-7-20-14/h9-10,13H,4-8H2,1-3H3,(H,18,19). The summed E-state index contributed by atoms with van der Waals surface area (Å²) >= 11 is 0. The molecule has 1 atom stereocenters. The third-order valence-electron chi connectivity index (χ3n) is 4.10. The van der Waals surface area contributed by atoms with Gasteiger partial charge in [0.05, 0.1) is 6.04 Å². The summed E-state index contributed by atoms with van der Waals surface area (Å²) in [7, 11) is 0. The van der Waals surface area contributed by atoms with Gasteiger partial charge in [0, 0.05) is 5.41 Å². The molecule has 3 rings (SSSR count). The van der Waals surface area contributed by atoms with E-state index in [1.54, 1.807) is 0 Å². The highest BCUT2D eigenvalue weighted by molar-refractivity contribution is 5.81. The first-order chi connectivity index (χ1) is 9.95. The summed E-state index contributed by atoms with van der Waals surface area (Å²) in [6.07, 6.45) is 3.10. The number of carbonyl (C=O) groups excluding carboxylic acids is 1. The molecular formula is C17H23NO3. The summed E-state index contributed by atoms with van der Waals surface area (Å²) < 4.78 is 11.3. The normalized spacial score (nSPS) is 20.6. The molecule has 0 saturated carbocycles. The van der Waals surface area contributed by atoms with Crippen molar-refractivity contribution in [3.63, 3.8) is 0 Å². The lowest BCUT2D eigenvalue weighted by Crippen LogP contribution is -2.38. The smallest absolute Gasteiger partial charge is 0.225 e. The Labute approximate surface area is 125 Å². The van der Waals surface area contributed by atoms with Gasteiger partial charge in [-0.15, -0.1) is 0 Å². The lowest BCUT2D eigenvalue weighted by molar-refractivity contribution is -0.129. The van der Waals surface area contributed by atoms with Crippen molar-refractivity contribution in [2.75, 3.05) is 13.2 Å². The van der Waals surface area contributed by atoms with Crippen molar-refractivity contribution >= 4 is 5.91 Å². The van der Waals surface area contributed by atoms with Crippen LogP contribution in [0.4, 0.5) is 0 Å². The van der Waals surface area contributed by atoms with Gasteiger partial charge in [-0.1, -0.05) is 20.8 Å². The maximum absolute atomic E-state index is 12.3. The Balaban J connectivity index is 1.89. The van der Waals surface area contributed by atoms with Crippen molar-refractivity contribution in [3.8, 4) is 11.5 Å². The molecule has 1 aliphatic carbocycles. The molecule has 4 nitrogen and oxygen atoms in total. The molecule has 4 heteroatoms. The second-order valence-corrected chi connectivity index (χ2v) is 6.86. The summed E-state index contributed by atoms with van der Waals surface area (Å²) in [5, 5.41) is 3.19. The molecule has 0 saturated heterocycles. The molecule has 1 aliphatic heterocycles. The van der Waals surface area contributed by atoms with Crippen LogP contribution in [0.25, 0.3) is 0 Å². The molecule has 1 unspecified atom stereocenters. The number of ether oxygens (including phenoxy) is 2. The van der Waals surface area contributed by atoms with Crippen molar-refractivity contribution in [3.05, 3.63) is 23.3 Å². The van der Waals surface area contributed by atoms with E-state index in [4.69, 9.17) is 9.47 Å². The summed E-state index contributed by atoms with van der Waals surface area (Å²) in [4.78, 5) is 12.3. The number of rotatable bonds is 1. The third-order valence-corrected chi connectivity index (χ3v) is 4.10. The van der Waals surface area contributed by atoms with Gasteiger partial charge >= 0.3 is 0 Å². The van der Waals surface area contributed by atoms with E-state index in [0.717, 1.165) is 30.8 Å². The summed E-state index contributed by atoms with van der Waals surface area (Å²) in [6, 6.07) is 4.21. The first-order valence-corrected chi connectivity index (χ1v) is 7.68. The van der Waals surface area contributed by atoms with Crippen LogP contribution in [0, 0.1) is 5.41 Å². The Morgan fingerprint density at radius 1 is 1.19 bits per heavy atom. The van der Waals surface area contributed by atoms with Crippen LogP contribution in [-0.2, 0) is 11.2 Å². The summed E-state index contributed by atoms with van der Waals surface area (Å²) in [5.74, 6) is 1.73. The molecule has 21 heavy (non-hydrogen) atoms. The number of hydrogen-bond acceptors (Lipinski definition) is 3. The lowest BCUT2D eigenvalue weighted by Gasteiger charge is -2.31. The van der Waals surface area contributed by atoms with Gasteiger partial charge in [-0.2, -0.15) is 0 Å². The Bertz CT molecular complexity index is 560. The average Bonchev–Trinajstić information content (AvgIpc) is 2.44. The molecule has 1 heterocycles. The minimum absolute atomic E-state index is 0.0799. The van der Waals surface area contributed by atoms with Crippen molar-refractivity contribution in [1.29, 1.82) is 0 Å². The van der Waals surface area contributed by atoms with Crippen LogP contribution in [0.2, 0.25) is 0 Å². The molecule has 1 amide bonds. The lowest BCUT2D eigenvalue weighted by atomic mass is 9.86.